The summed E-state index contributed by atoms with van der Waals surface area (Å²) in [5.41, 5.74) is 13.4. The van der Waals surface area contributed by atoms with Gasteiger partial charge in [0.05, 0.1) is 0 Å². The number of hydrogen-bond donors (Lipinski definition) is 1. The molecule has 6 aromatic carbocycles. The van der Waals surface area contributed by atoms with E-state index in [0.717, 1.165) is 29.9 Å². The van der Waals surface area contributed by atoms with Gasteiger partial charge in [-0.25, -0.2) is 0 Å². The highest BCUT2D eigenvalue weighted by atomic mass is 15.1. The molecule has 6 aromatic rings. The number of nitrogens with one attached hydrogen (secondary N) is 1. The summed E-state index contributed by atoms with van der Waals surface area (Å²) in [4.78, 5) is 2.40. The predicted molar refractivity (Wildman–Crippen MR) is 230 cm³/mol. The zero-order chi connectivity index (χ0) is 36.6. The van der Waals surface area contributed by atoms with Gasteiger partial charge in [0.25, 0.3) is 0 Å². The van der Waals surface area contributed by atoms with E-state index >= 15 is 0 Å². The molecule has 0 radical (unpaired) electrons. The Morgan fingerprint density at radius 2 is 1.28 bits per heavy atom. The van der Waals surface area contributed by atoms with Crippen molar-refractivity contribution in [2.24, 2.45) is 0 Å². The molecule has 0 unspecified atom stereocenters. The van der Waals surface area contributed by atoms with Crippen LogP contribution in [0.15, 0.2) is 188 Å². The van der Waals surface area contributed by atoms with Gasteiger partial charge in [0, 0.05) is 34.4 Å². The average Bonchev–Trinajstić information content (AvgIpc) is 3.43. The van der Waals surface area contributed by atoms with Crippen molar-refractivity contribution in [3.63, 3.8) is 0 Å². The van der Waals surface area contributed by atoms with E-state index in [2.05, 4.69) is 206 Å². The molecule has 0 spiro atoms. The van der Waals surface area contributed by atoms with Crippen molar-refractivity contribution in [1.82, 2.24) is 5.32 Å². The topological polar surface area (TPSA) is 15.3 Å². The van der Waals surface area contributed by atoms with E-state index in [1.54, 1.807) is 0 Å². The molecule has 53 heavy (non-hydrogen) atoms. The molecule has 0 aromatic heterocycles. The van der Waals surface area contributed by atoms with E-state index in [9.17, 15) is 0 Å². The maximum atomic E-state index is 3.41. The van der Waals surface area contributed by atoms with Gasteiger partial charge in [-0.2, -0.15) is 0 Å². The lowest BCUT2D eigenvalue weighted by atomic mass is 9.81. The summed E-state index contributed by atoms with van der Waals surface area (Å²) in [6.07, 6.45) is 21.3. The molecule has 0 amide bonds. The Bertz CT molecular complexity index is 2350. The molecule has 0 atom stereocenters. The highest BCUT2D eigenvalue weighted by Gasteiger charge is 2.38. The minimum atomic E-state index is -0.186. The van der Waals surface area contributed by atoms with Gasteiger partial charge in [-0.05, 0) is 123 Å². The van der Waals surface area contributed by atoms with E-state index in [1.165, 1.54) is 55.4 Å². The lowest BCUT2D eigenvalue weighted by Gasteiger charge is -2.29. The van der Waals surface area contributed by atoms with Crippen molar-refractivity contribution in [3.8, 4) is 22.3 Å². The van der Waals surface area contributed by atoms with Crippen LogP contribution in [0, 0.1) is 0 Å². The number of hydrogen-bond acceptors (Lipinski definition) is 2. The van der Waals surface area contributed by atoms with E-state index in [-0.39, 0.29) is 5.41 Å². The molecule has 2 nitrogen and oxygen atoms in total. The first kappa shape index (κ1) is 35.3. The summed E-state index contributed by atoms with van der Waals surface area (Å²) < 4.78 is 0. The van der Waals surface area contributed by atoms with Gasteiger partial charge >= 0.3 is 0 Å². The lowest BCUT2D eigenvalue weighted by Crippen LogP contribution is -2.17. The Labute approximate surface area is 315 Å². The normalized spacial score (nSPS) is 14.2. The Hall–Kier alpha value is -6.12. The standard InChI is InChI=1S/C49H42N2.C2H6/c1-49(2)46-34-39-22-16-15-21-38(39)33-45(46)48-40(23-8-3-4-17-30-50-41-25-11-6-12-26-41)32-44(35-47(48)49)51(42-27-13-7-14-28-42)43-29-18-24-37(31-43)36-19-9-5-10-20-36;1-2/h3-11,13-25,27-35,50H,12,26H2,1-2H3;1-2H3/b4-3-,23-8-,30-17+;. The van der Waals surface area contributed by atoms with Gasteiger partial charge in [-0.1, -0.05) is 149 Å². The van der Waals surface area contributed by atoms with Crippen LogP contribution in [0.4, 0.5) is 17.1 Å². The number of para-hydroxylation sites is 1. The molecule has 0 fully saturated rings. The Morgan fingerprint density at radius 3 is 2.04 bits per heavy atom. The predicted octanol–water partition coefficient (Wildman–Crippen LogP) is 14.2. The third kappa shape index (κ3) is 7.45. The Morgan fingerprint density at radius 1 is 0.604 bits per heavy atom. The van der Waals surface area contributed by atoms with E-state index in [4.69, 9.17) is 0 Å². The molecule has 262 valence electrons. The highest BCUT2D eigenvalue weighted by molar-refractivity contribution is 5.97. The fourth-order valence-corrected chi connectivity index (χ4v) is 7.51. The van der Waals surface area contributed by atoms with Crippen LogP contribution in [0.2, 0.25) is 0 Å². The molecule has 0 heterocycles. The summed E-state index contributed by atoms with van der Waals surface area (Å²) >= 11 is 0. The van der Waals surface area contributed by atoms with Crippen LogP contribution < -0.4 is 10.2 Å². The molecule has 8 rings (SSSR count). The molecule has 0 bridgehead atoms. The van der Waals surface area contributed by atoms with Crippen LogP contribution in [-0.4, -0.2) is 0 Å². The SMILES string of the molecule is CC.CC1(C)c2cc3ccccc3cc2-c2c(\C=C/C=C\C=C\NC3=CC=CCC3)cc(N(c3ccccc3)c3cccc(-c4ccccc4)c3)cc21. The molecule has 0 saturated heterocycles. The van der Waals surface area contributed by atoms with Crippen LogP contribution in [0.25, 0.3) is 39.1 Å². The van der Waals surface area contributed by atoms with Crippen molar-refractivity contribution >= 4 is 33.9 Å². The average molecular weight is 689 g/mol. The van der Waals surface area contributed by atoms with Gasteiger partial charge in [-0.3, -0.25) is 0 Å². The number of benzene rings is 6. The van der Waals surface area contributed by atoms with E-state index < -0.39 is 0 Å². The van der Waals surface area contributed by atoms with Gasteiger partial charge in [-0.15, -0.1) is 0 Å². The van der Waals surface area contributed by atoms with Crippen molar-refractivity contribution in [2.45, 2.75) is 46.0 Å². The van der Waals surface area contributed by atoms with E-state index in [0.29, 0.717) is 0 Å². The number of nitrogens with zero attached hydrogens (tertiary/aromatic N) is 1. The second-order valence-corrected chi connectivity index (χ2v) is 13.8. The molecule has 2 aliphatic carbocycles. The molecule has 0 saturated carbocycles. The number of rotatable bonds is 9. The van der Waals surface area contributed by atoms with Crippen molar-refractivity contribution in [3.05, 3.63) is 205 Å². The second-order valence-electron chi connectivity index (χ2n) is 13.8. The molecular formula is C51H48N2. The smallest absolute Gasteiger partial charge is 0.0471 e. The van der Waals surface area contributed by atoms with Crippen LogP contribution in [0.3, 0.4) is 0 Å². The van der Waals surface area contributed by atoms with Gasteiger partial charge in [0.2, 0.25) is 0 Å². The first-order valence-corrected chi connectivity index (χ1v) is 18.9. The fourth-order valence-electron chi connectivity index (χ4n) is 7.51. The summed E-state index contributed by atoms with van der Waals surface area (Å²) in [6.45, 7) is 8.75. The van der Waals surface area contributed by atoms with Crippen molar-refractivity contribution in [1.29, 1.82) is 0 Å². The van der Waals surface area contributed by atoms with Crippen molar-refractivity contribution < 1.29 is 0 Å². The van der Waals surface area contributed by atoms with Gasteiger partial charge in [0.1, 0.15) is 0 Å². The molecular weight excluding hydrogens is 641 g/mol. The summed E-state index contributed by atoms with van der Waals surface area (Å²) in [6, 6.07) is 48.6. The summed E-state index contributed by atoms with van der Waals surface area (Å²) in [5, 5.41) is 5.96. The van der Waals surface area contributed by atoms with Gasteiger partial charge < -0.3 is 10.2 Å². The minimum absolute atomic E-state index is 0.186. The number of anilines is 3. The van der Waals surface area contributed by atoms with Crippen LogP contribution in [0.5, 0.6) is 0 Å². The quantitative estimate of drug-likeness (QED) is 0.152. The third-order valence-electron chi connectivity index (χ3n) is 10.1. The van der Waals surface area contributed by atoms with Crippen LogP contribution in [-0.2, 0) is 5.41 Å². The zero-order valence-corrected chi connectivity index (χ0v) is 31.3. The highest BCUT2D eigenvalue weighted by Crippen LogP contribution is 2.53. The lowest BCUT2D eigenvalue weighted by molar-refractivity contribution is 0.661. The molecule has 2 heteroatoms. The molecule has 1 N–H and O–H groups in total. The largest absolute Gasteiger partial charge is 0.365 e. The Kier molecular flexibility index (Phi) is 10.7. The summed E-state index contributed by atoms with van der Waals surface area (Å²) in [5.74, 6) is 0. The van der Waals surface area contributed by atoms with E-state index in [1.807, 2.05) is 20.0 Å². The fraction of sp³-hybridized carbons (Fsp3) is 0.137. The Balaban J connectivity index is 0.00000214. The maximum Gasteiger partial charge on any atom is 0.0471 e. The van der Waals surface area contributed by atoms with Crippen LogP contribution in [0.1, 0.15) is 57.2 Å². The second kappa shape index (κ2) is 16.0. The van der Waals surface area contributed by atoms with Crippen LogP contribution >= 0.6 is 0 Å². The monoisotopic (exact) mass is 688 g/mol. The first-order chi connectivity index (χ1) is 26.1. The molecule has 0 aliphatic heterocycles. The minimum Gasteiger partial charge on any atom is -0.365 e. The van der Waals surface area contributed by atoms with Crippen molar-refractivity contribution in [2.75, 3.05) is 4.90 Å². The van der Waals surface area contributed by atoms with Gasteiger partial charge in [0.15, 0.2) is 0 Å². The maximum absolute atomic E-state index is 3.41. The zero-order valence-electron chi connectivity index (χ0n) is 31.3. The summed E-state index contributed by atoms with van der Waals surface area (Å²) in [7, 11) is 0. The first-order valence-electron chi connectivity index (χ1n) is 18.9. The molecule has 2 aliphatic rings. The third-order valence-corrected chi connectivity index (χ3v) is 10.1. The number of allylic oxidation sites excluding steroid dienone is 8. The number of fused-ring (bicyclic) bond motifs is 4.